The molecule has 0 bridgehead atoms. The number of nitrogens with one attached hydrogen (secondary N) is 1. The van der Waals surface area contributed by atoms with Crippen LogP contribution in [0.5, 0.6) is 0 Å². The molecule has 2 fully saturated rings. The topological polar surface area (TPSA) is 44.8 Å². The fraction of sp³-hybridized carbons (Fsp3) is 0.667. The molecule has 0 aliphatic carbocycles. The molecule has 0 spiro atoms. The molecule has 2 saturated heterocycles. The number of hydrogen-bond donors (Lipinski definition) is 1. The van der Waals surface area contributed by atoms with Crippen LogP contribution >= 0.6 is 36.2 Å². The zero-order chi connectivity index (χ0) is 14.7. The van der Waals surface area contributed by atoms with E-state index in [0.717, 1.165) is 39.3 Å². The Kier molecular flexibility index (Phi) is 8.82. The molecule has 1 aromatic rings. The lowest BCUT2D eigenvalue weighted by molar-refractivity contribution is -0.141. The number of carbonyl (C=O) groups is 1. The third-order valence-corrected chi connectivity index (χ3v) is 5.09. The van der Waals surface area contributed by atoms with E-state index in [1.54, 1.807) is 11.3 Å². The number of morpholine rings is 1. The van der Waals surface area contributed by atoms with Gasteiger partial charge in [0.25, 0.3) is 0 Å². The second kappa shape index (κ2) is 9.81. The summed E-state index contributed by atoms with van der Waals surface area (Å²) in [6.07, 6.45) is -0.0320. The molecule has 0 aromatic carbocycles. The van der Waals surface area contributed by atoms with Gasteiger partial charge in [0, 0.05) is 44.1 Å². The van der Waals surface area contributed by atoms with Crippen molar-refractivity contribution in [1.82, 2.24) is 15.1 Å². The molecule has 8 heteroatoms. The van der Waals surface area contributed by atoms with E-state index in [4.69, 9.17) is 4.74 Å². The maximum Gasteiger partial charge on any atom is 0.242 e. The summed E-state index contributed by atoms with van der Waals surface area (Å²) in [6, 6.07) is 4.09. The Morgan fingerprint density at radius 2 is 2.09 bits per heavy atom. The molecule has 3 heterocycles. The highest BCUT2D eigenvalue weighted by molar-refractivity contribution is 7.09. The number of thiophene rings is 1. The normalized spacial score (nSPS) is 25.3. The van der Waals surface area contributed by atoms with Crippen molar-refractivity contribution >= 4 is 42.1 Å². The Labute approximate surface area is 154 Å². The van der Waals surface area contributed by atoms with E-state index < -0.39 is 0 Å². The lowest BCUT2D eigenvalue weighted by Crippen LogP contribution is -2.59. The minimum absolute atomic E-state index is 0. The number of nitrogens with zero attached hydrogens (tertiary/aromatic N) is 2. The lowest BCUT2D eigenvalue weighted by atomic mass is 10.1. The summed E-state index contributed by atoms with van der Waals surface area (Å²) < 4.78 is 5.57. The zero-order valence-electron chi connectivity index (χ0n) is 13.3. The zero-order valence-corrected chi connectivity index (χ0v) is 15.7. The standard InChI is InChI=1S/C15H23N3O2S.2ClH/c1-12-14(16-4-9-20-12)15(19)18-7-5-17(6-8-18)11-13-3-2-10-21-13;;/h2-3,10,12,14,16H,4-9,11H2,1H3;2*1H/t12-,14+;;/m1../s1. The van der Waals surface area contributed by atoms with Crippen LogP contribution in [-0.2, 0) is 16.1 Å². The van der Waals surface area contributed by atoms with Gasteiger partial charge in [-0.2, -0.15) is 0 Å². The minimum atomic E-state index is -0.178. The third kappa shape index (κ3) is 5.31. The van der Waals surface area contributed by atoms with Gasteiger partial charge < -0.3 is 15.0 Å². The van der Waals surface area contributed by atoms with Gasteiger partial charge in [0.1, 0.15) is 6.04 Å². The summed E-state index contributed by atoms with van der Waals surface area (Å²) in [4.78, 5) is 18.3. The van der Waals surface area contributed by atoms with Crippen LogP contribution in [0.1, 0.15) is 11.8 Å². The van der Waals surface area contributed by atoms with Gasteiger partial charge in [-0.25, -0.2) is 0 Å². The number of amides is 1. The van der Waals surface area contributed by atoms with Gasteiger partial charge in [0.15, 0.2) is 0 Å². The molecular formula is C15H25Cl2N3O2S. The van der Waals surface area contributed by atoms with Gasteiger partial charge in [-0.05, 0) is 18.4 Å². The molecule has 1 N–H and O–H groups in total. The summed E-state index contributed by atoms with van der Waals surface area (Å²) >= 11 is 1.80. The molecule has 2 atom stereocenters. The second-order valence-electron chi connectivity index (χ2n) is 5.69. The summed E-state index contributed by atoms with van der Waals surface area (Å²) in [5.41, 5.74) is 0. The molecule has 5 nitrogen and oxygen atoms in total. The number of ether oxygens (including phenoxy) is 1. The van der Waals surface area contributed by atoms with Crippen LogP contribution in [0.25, 0.3) is 0 Å². The average Bonchev–Trinajstić information content (AvgIpc) is 3.01. The molecule has 2 aliphatic heterocycles. The molecule has 0 unspecified atom stereocenters. The van der Waals surface area contributed by atoms with Crippen LogP contribution in [0.4, 0.5) is 0 Å². The summed E-state index contributed by atoms with van der Waals surface area (Å²) in [6.45, 7) is 7.96. The number of halogens is 2. The molecular weight excluding hydrogens is 357 g/mol. The third-order valence-electron chi connectivity index (χ3n) is 4.23. The molecule has 1 aromatic heterocycles. The first-order valence-corrected chi connectivity index (χ1v) is 8.50. The van der Waals surface area contributed by atoms with Gasteiger partial charge in [-0.1, -0.05) is 6.07 Å². The van der Waals surface area contributed by atoms with E-state index in [-0.39, 0.29) is 42.9 Å². The van der Waals surface area contributed by atoms with Crippen LogP contribution in [-0.4, -0.2) is 67.2 Å². The fourth-order valence-electron chi connectivity index (χ4n) is 2.96. The Balaban J connectivity index is 0.00000132. The van der Waals surface area contributed by atoms with Crippen LogP contribution < -0.4 is 5.32 Å². The number of carbonyl (C=O) groups excluding carboxylic acids is 1. The smallest absolute Gasteiger partial charge is 0.242 e. The Morgan fingerprint density at radius 1 is 1.35 bits per heavy atom. The molecule has 1 amide bonds. The van der Waals surface area contributed by atoms with Crippen LogP contribution in [0, 0.1) is 0 Å². The van der Waals surface area contributed by atoms with Crippen molar-refractivity contribution in [2.75, 3.05) is 39.3 Å². The SMILES string of the molecule is C[C@H]1OCCN[C@@H]1C(=O)N1CCN(Cc2cccs2)CC1.Cl.Cl. The number of rotatable bonds is 3. The number of hydrogen-bond acceptors (Lipinski definition) is 5. The van der Waals surface area contributed by atoms with Gasteiger partial charge in [-0.3, -0.25) is 9.69 Å². The minimum Gasteiger partial charge on any atom is -0.375 e. The van der Waals surface area contributed by atoms with Crippen molar-refractivity contribution in [2.24, 2.45) is 0 Å². The quantitative estimate of drug-likeness (QED) is 0.863. The maximum absolute atomic E-state index is 12.6. The molecule has 0 radical (unpaired) electrons. The van der Waals surface area contributed by atoms with E-state index in [1.807, 2.05) is 11.8 Å². The van der Waals surface area contributed by atoms with Crippen LogP contribution in [0.15, 0.2) is 17.5 Å². The molecule has 132 valence electrons. The summed E-state index contributed by atoms with van der Waals surface area (Å²) in [5, 5.41) is 5.40. The van der Waals surface area contributed by atoms with E-state index >= 15 is 0 Å². The average molecular weight is 382 g/mol. The predicted octanol–water partition coefficient (Wildman–Crippen LogP) is 1.61. The maximum atomic E-state index is 12.6. The van der Waals surface area contributed by atoms with E-state index in [9.17, 15) is 4.79 Å². The summed E-state index contributed by atoms with van der Waals surface area (Å²) in [7, 11) is 0. The monoisotopic (exact) mass is 381 g/mol. The highest BCUT2D eigenvalue weighted by Gasteiger charge is 2.33. The summed E-state index contributed by atoms with van der Waals surface area (Å²) in [5.74, 6) is 0.193. The highest BCUT2D eigenvalue weighted by Crippen LogP contribution is 2.15. The van der Waals surface area contributed by atoms with Crippen molar-refractivity contribution in [3.05, 3.63) is 22.4 Å². The Bertz CT molecular complexity index is 467. The van der Waals surface area contributed by atoms with Crippen LogP contribution in [0.2, 0.25) is 0 Å². The second-order valence-corrected chi connectivity index (χ2v) is 6.72. The van der Waals surface area contributed by atoms with Crippen molar-refractivity contribution in [3.63, 3.8) is 0 Å². The Morgan fingerprint density at radius 3 is 2.70 bits per heavy atom. The Hall–Kier alpha value is -0.370. The largest absolute Gasteiger partial charge is 0.375 e. The van der Waals surface area contributed by atoms with Crippen LogP contribution in [0.3, 0.4) is 0 Å². The van der Waals surface area contributed by atoms with Gasteiger partial charge in [-0.15, -0.1) is 36.2 Å². The van der Waals surface area contributed by atoms with Crippen molar-refractivity contribution < 1.29 is 9.53 Å². The van der Waals surface area contributed by atoms with Crippen molar-refractivity contribution in [3.8, 4) is 0 Å². The fourth-order valence-corrected chi connectivity index (χ4v) is 3.70. The molecule has 2 aliphatic rings. The van der Waals surface area contributed by atoms with Crippen molar-refractivity contribution in [1.29, 1.82) is 0 Å². The first-order valence-electron chi connectivity index (χ1n) is 7.62. The highest BCUT2D eigenvalue weighted by atomic mass is 35.5. The molecule has 23 heavy (non-hydrogen) atoms. The van der Waals surface area contributed by atoms with Gasteiger partial charge in [0.2, 0.25) is 5.91 Å². The number of piperazine rings is 1. The van der Waals surface area contributed by atoms with E-state index in [2.05, 4.69) is 27.7 Å². The van der Waals surface area contributed by atoms with Gasteiger partial charge >= 0.3 is 0 Å². The molecule has 0 saturated carbocycles. The molecule has 3 rings (SSSR count). The van der Waals surface area contributed by atoms with E-state index in [1.165, 1.54) is 4.88 Å². The van der Waals surface area contributed by atoms with Gasteiger partial charge in [0.05, 0.1) is 12.7 Å². The predicted molar refractivity (Wildman–Crippen MR) is 97.9 cm³/mol. The van der Waals surface area contributed by atoms with E-state index in [0.29, 0.717) is 6.61 Å². The first kappa shape index (κ1) is 20.7. The lowest BCUT2D eigenvalue weighted by Gasteiger charge is -2.38. The first-order chi connectivity index (χ1) is 10.2. The van der Waals surface area contributed by atoms with Crippen molar-refractivity contribution in [2.45, 2.75) is 25.6 Å².